The van der Waals surface area contributed by atoms with E-state index in [1.807, 2.05) is 38.1 Å². The van der Waals surface area contributed by atoms with Crippen LogP contribution in [0.15, 0.2) is 48.5 Å². The van der Waals surface area contributed by atoms with Gasteiger partial charge in [0.15, 0.2) is 5.82 Å². The fourth-order valence-corrected chi connectivity index (χ4v) is 4.69. The lowest BCUT2D eigenvalue weighted by Crippen LogP contribution is -2.30. The van der Waals surface area contributed by atoms with Gasteiger partial charge in [-0.3, -0.25) is 9.69 Å². The molecule has 180 valence electrons. The first kappa shape index (κ1) is 24.0. The SMILES string of the molecule is CCN(CC)c1ccc(CN2CCc3nnc([C@@H](C)NC(=O)c4ccccc4C)n3CC2)cc1. The molecule has 2 heterocycles. The van der Waals surface area contributed by atoms with Crippen molar-refractivity contribution in [3.05, 3.63) is 76.9 Å². The van der Waals surface area contributed by atoms with Crippen LogP contribution in [0.2, 0.25) is 0 Å². The van der Waals surface area contributed by atoms with Crippen LogP contribution in [-0.2, 0) is 19.5 Å². The molecule has 0 unspecified atom stereocenters. The summed E-state index contributed by atoms with van der Waals surface area (Å²) >= 11 is 0. The van der Waals surface area contributed by atoms with Crippen molar-refractivity contribution in [2.75, 3.05) is 31.1 Å². The molecule has 1 aliphatic rings. The number of aromatic nitrogens is 3. The van der Waals surface area contributed by atoms with Crippen molar-refractivity contribution in [2.24, 2.45) is 0 Å². The van der Waals surface area contributed by atoms with Crippen molar-refractivity contribution in [1.29, 1.82) is 0 Å². The van der Waals surface area contributed by atoms with Gasteiger partial charge in [0.2, 0.25) is 0 Å². The molecule has 7 nitrogen and oxygen atoms in total. The van der Waals surface area contributed by atoms with Crippen LogP contribution in [0.25, 0.3) is 0 Å². The molecule has 1 N–H and O–H groups in total. The average molecular weight is 461 g/mol. The molecule has 0 fully saturated rings. The topological polar surface area (TPSA) is 66.3 Å². The second-order valence-corrected chi connectivity index (χ2v) is 9.00. The number of aryl methyl sites for hydroxylation is 1. The van der Waals surface area contributed by atoms with E-state index in [4.69, 9.17) is 0 Å². The van der Waals surface area contributed by atoms with Crippen molar-refractivity contribution in [3.63, 3.8) is 0 Å². The van der Waals surface area contributed by atoms with Crippen LogP contribution in [0.4, 0.5) is 5.69 Å². The Morgan fingerprint density at radius 2 is 1.76 bits per heavy atom. The lowest BCUT2D eigenvalue weighted by Gasteiger charge is -2.23. The van der Waals surface area contributed by atoms with Crippen LogP contribution in [0.5, 0.6) is 0 Å². The van der Waals surface area contributed by atoms with Gasteiger partial charge in [-0.1, -0.05) is 30.3 Å². The maximum atomic E-state index is 12.8. The number of nitrogens with one attached hydrogen (secondary N) is 1. The zero-order valence-electron chi connectivity index (χ0n) is 20.8. The minimum absolute atomic E-state index is 0.0774. The zero-order valence-corrected chi connectivity index (χ0v) is 20.8. The maximum absolute atomic E-state index is 12.8. The van der Waals surface area contributed by atoms with E-state index < -0.39 is 0 Å². The van der Waals surface area contributed by atoms with Crippen LogP contribution in [0, 0.1) is 6.92 Å². The average Bonchev–Trinajstić information content (AvgIpc) is 3.15. The Balaban J connectivity index is 1.38. The van der Waals surface area contributed by atoms with E-state index in [-0.39, 0.29) is 11.9 Å². The molecule has 0 bridgehead atoms. The number of carbonyl (C=O) groups excluding carboxylic acids is 1. The summed E-state index contributed by atoms with van der Waals surface area (Å²) in [6.45, 7) is 14.0. The number of carbonyl (C=O) groups is 1. The Labute approximate surface area is 202 Å². The molecule has 34 heavy (non-hydrogen) atoms. The molecule has 0 saturated carbocycles. The van der Waals surface area contributed by atoms with Gasteiger partial charge in [0.25, 0.3) is 5.91 Å². The van der Waals surface area contributed by atoms with Gasteiger partial charge < -0.3 is 14.8 Å². The summed E-state index contributed by atoms with van der Waals surface area (Å²) < 4.78 is 2.19. The van der Waals surface area contributed by atoms with Gasteiger partial charge >= 0.3 is 0 Å². The van der Waals surface area contributed by atoms with E-state index in [1.165, 1.54) is 11.3 Å². The predicted octanol–water partition coefficient (Wildman–Crippen LogP) is 3.98. The van der Waals surface area contributed by atoms with E-state index in [1.54, 1.807) is 0 Å². The highest BCUT2D eigenvalue weighted by molar-refractivity contribution is 5.95. The summed E-state index contributed by atoms with van der Waals surface area (Å²) in [5, 5.41) is 12.0. The van der Waals surface area contributed by atoms with E-state index >= 15 is 0 Å². The highest BCUT2D eigenvalue weighted by Crippen LogP contribution is 2.19. The third-order valence-corrected chi connectivity index (χ3v) is 6.74. The van der Waals surface area contributed by atoms with E-state index in [9.17, 15) is 4.79 Å². The number of nitrogens with zero attached hydrogens (tertiary/aromatic N) is 5. The number of hydrogen-bond donors (Lipinski definition) is 1. The fraction of sp³-hybridized carbons (Fsp3) is 0.444. The minimum atomic E-state index is -0.215. The second kappa shape index (κ2) is 10.8. The highest BCUT2D eigenvalue weighted by atomic mass is 16.1. The van der Waals surface area contributed by atoms with Crippen molar-refractivity contribution in [1.82, 2.24) is 25.0 Å². The van der Waals surface area contributed by atoms with E-state index in [0.29, 0.717) is 5.56 Å². The zero-order chi connectivity index (χ0) is 24.1. The summed E-state index contributed by atoms with van der Waals surface area (Å²) in [4.78, 5) is 17.6. The number of anilines is 1. The summed E-state index contributed by atoms with van der Waals surface area (Å²) in [6.07, 6.45) is 0.850. The third-order valence-electron chi connectivity index (χ3n) is 6.74. The Morgan fingerprint density at radius 3 is 2.47 bits per heavy atom. The molecule has 2 aromatic carbocycles. The first-order valence-electron chi connectivity index (χ1n) is 12.3. The summed E-state index contributed by atoms with van der Waals surface area (Å²) in [5.74, 6) is 1.74. The molecular formula is C27H36N6O. The third kappa shape index (κ3) is 5.30. The number of fused-ring (bicyclic) bond motifs is 1. The van der Waals surface area contributed by atoms with Gasteiger partial charge in [-0.15, -0.1) is 10.2 Å². The molecule has 3 aromatic rings. The van der Waals surface area contributed by atoms with Gasteiger partial charge in [-0.2, -0.15) is 0 Å². The Morgan fingerprint density at radius 1 is 1.03 bits per heavy atom. The van der Waals surface area contributed by atoms with Crippen LogP contribution >= 0.6 is 0 Å². The Kier molecular flexibility index (Phi) is 7.63. The van der Waals surface area contributed by atoms with Gasteiger partial charge in [-0.05, 0) is 57.0 Å². The number of rotatable bonds is 8. The number of benzene rings is 2. The highest BCUT2D eigenvalue weighted by Gasteiger charge is 2.23. The number of hydrogen-bond acceptors (Lipinski definition) is 5. The quantitative estimate of drug-likeness (QED) is 0.551. The fourth-order valence-electron chi connectivity index (χ4n) is 4.69. The van der Waals surface area contributed by atoms with Crippen molar-refractivity contribution < 1.29 is 4.79 Å². The first-order chi connectivity index (χ1) is 16.5. The first-order valence-corrected chi connectivity index (χ1v) is 12.3. The van der Waals surface area contributed by atoms with Crippen LogP contribution in [0.3, 0.4) is 0 Å². The second-order valence-electron chi connectivity index (χ2n) is 9.00. The summed E-state index contributed by atoms with van der Waals surface area (Å²) in [5.41, 5.74) is 4.27. The molecule has 1 aliphatic heterocycles. The lowest BCUT2D eigenvalue weighted by molar-refractivity contribution is 0.0937. The molecule has 7 heteroatoms. The summed E-state index contributed by atoms with van der Waals surface area (Å²) in [7, 11) is 0. The molecule has 0 saturated heterocycles. The van der Waals surface area contributed by atoms with E-state index in [0.717, 1.165) is 62.9 Å². The molecular weight excluding hydrogens is 424 g/mol. The molecule has 0 aliphatic carbocycles. The van der Waals surface area contributed by atoms with Crippen molar-refractivity contribution >= 4 is 11.6 Å². The van der Waals surface area contributed by atoms with Gasteiger partial charge in [-0.25, -0.2) is 0 Å². The van der Waals surface area contributed by atoms with Crippen LogP contribution in [-0.4, -0.2) is 51.8 Å². The standard InChI is InChI=1S/C27H36N6O/c1-5-32(6-2)23-13-11-22(12-14-23)19-31-16-15-25-29-30-26(33(25)18-17-31)21(4)28-27(34)24-10-8-7-9-20(24)3/h7-14,21H,5-6,15-19H2,1-4H3,(H,28,34)/t21-/m1/s1. The summed E-state index contributed by atoms with van der Waals surface area (Å²) in [6, 6.07) is 16.4. The monoisotopic (exact) mass is 460 g/mol. The van der Waals surface area contributed by atoms with Crippen molar-refractivity contribution in [2.45, 2.75) is 53.2 Å². The lowest BCUT2D eigenvalue weighted by atomic mass is 10.1. The van der Waals surface area contributed by atoms with Crippen molar-refractivity contribution in [3.8, 4) is 0 Å². The largest absolute Gasteiger partial charge is 0.372 e. The Hall–Kier alpha value is -3.19. The normalized spacial score (nSPS) is 14.8. The number of amides is 1. The van der Waals surface area contributed by atoms with E-state index in [2.05, 4.69) is 68.0 Å². The van der Waals surface area contributed by atoms with Gasteiger partial charge in [0, 0.05) is 56.9 Å². The molecule has 1 amide bonds. The van der Waals surface area contributed by atoms with Gasteiger partial charge in [0.05, 0.1) is 6.04 Å². The predicted molar refractivity (Wildman–Crippen MR) is 136 cm³/mol. The minimum Gasteiger partial charge on any atom is -0.372 e. The van der Waals surface area contributed by atoms with Crippen LogP contribution < -0.4 is 10.2 Å². The van der Waals surface area contributed by atoms with Crippen LogP contribution in [0.1, 0.15) is 59.9 Å². The maximum Gasteiger partial charge on any atom is 0.252 e. The smallest absolute Gasteiger partial charge is 0.252 e. The molecule has 0 radical (unpaired) electrons. The Bertz CT molecular complexity index is 1100. The molecule has 0 spiro atoms. The molecule has 1 aromatic heterocycles. The molecule has 1 atom stereocenters. The van der Waals surface area contributed by atoms with Gasteiger partial charge in [0.1, 0.15) is 5.82 Å². The molecule has 4 rings (SSSR count).